The maximum absolute atomic E-state index is 12.7. The molecular formula is C20H24N4O. The molecule has 1 aromatic carbocycles. The summed E-state index contributed by atoms with van der Waals surface area (Å²) in [5.74, 6) is 0.771. The molecule has 1 aliphatic carbocycles. The van der Waals surface area contributed by atoms with Crippen molar-refractivity contribution in [2.24, 2.45) is 7.05 Å². The van der Waals surface area contributed by atoms with E-state index in [9.17, 15) is 4.79 Å². The molecule has 1 saturated carbocycles. The summed E-state index contributed by atoms with van der Waals surface area (Å²) in [5.41, 5.74) is 5.46. The average Bonchev–Trinajstić information content (AvgIpc) is 3.19. The van der Waals surface area contributed by atoms with E-state index >= 15 is 0 Å². The van der Waals surface area contributed by atoms with Crippen molar-refractivity contribution in [2.75, 3.05) is 5.32 Å². The lowest BCUT2D eigenvalue weighted by Crippen LogP contribution is -2.24. The van der Waals surface area contributed by atoms with Crippen LogP contribution in [-0.2, 0) is 7.05 Å². The van der Waals surface area contributed by atoms with E-state index in [0.29, 0.717) is 6.04 Å². The van der Waals surface area contributed by atoms with Gasteiger partial charge in [0.05, 0.1) is 17.2 Å². The number of aryl methyl sites for hydroxylation is 3. The molecule has 1 fully saturated rings. The van der Waals surface area contributed by atoms with Crippen molar-refractivity contribution < 1.29 is 0 Å². The predicted molar refractivity (Wildman–Crippen MR) is 102 cm³/mol. The Morgan fingerprint density at radius 1 is 1.08 bits per heavy atom. The highest BCUT2D eigenvalue weighted by Crippen LogP contribution is 2.31. The Morgan fingerprint density at radius 2 is 1.84 bits per heavy atom. The van der Waals surface area contributed by atoms with Crippen molar-refractivity contribution in [1.82, 2.24) is 14.1 Å². The first-order valence-electron chi connectivity index (χ1n) is 8.96. The third-order valence-electron chi connectivity index (χ3n) is 5.44. The lowest BCUT2D eigenvalue weighted by molar-refractivity contribution is 0.509. The van der Waals surface area contributed by atoms with Gasteiger partial charge in [0.1, 0.15) is 5.82 Å². The molecule has 1 aliphatic rings. The fourth-order valence-electron chi connectivity index (χ4n) is 3.81. The molecule has 0 aliphatic heterocycles. The van der Waals surface area contributed by atoms with Crippen LogP contribution >= 0.6 is 0 Å². The zero-order valence-corrected chi connectivity index (χ0v) is 15.0. The standard InChI is InChI=1S/C20H24N4O/c1-13-8-9-15(10-14(13)2)22-19-11-17-18(12-21-19)23(3)20(25)24(17)16-6-4-5-7-16/h8-12,16H,4-7H2,1-3H3,(H,21,22). The van der Waals surface area contributed by atoms with Crippen molar-refractivity contribution >= 4 is 22.5 Å². The Balaban J connectivity index is 1.77. The molecule has 0 atom stereocenters. The number of nitrogens with zero attached hydrogens (tertiary/aromatic N) is 3. The Bertz CT molecular complexity index is 993. The third kappa shape index (κ3) is 2.73. The van der Waals surface area contributed by atoms with Gasteiger partial charge in [-0.1, -0.05) is 18.9 Å². The number of imidazole rings is 1. The molecule has 5 heteroatoms. The predicted octanol–water partition coefficient (Wildman–Crippen LogP) is 4.21. The van der Waals surface area contributed by atoms with E-state index in [-0.39, 0.29) is 5.69 Å². The van der Waals surface area contributed by atoms with Crippen LogP contribution in [0.25, 0.3) is 11.0 Å². The molecule has 0 radical (unpaired) electrons. The number of rotatable bonds is 3. The summed E-state index contributed by atoms with van der Waals surface area (Å²) in [6.07, 6.45) is 6.37. The second-order valence-corrected chi connectivity index (χ2v) is 7.13. The van der Waals surface area contributed by atoms with Crippen LogP contribution in [0, 0.1) is 13.8 Å². The Labute approximate surface area is 147 Å². The molecule has 0 saturated heterocycles. The van der Waals surface area contributed by atoms with E-state index in [1.165, 1.54) is 24.0 Å². The van der Waals surface area contributed by atoms with Gasteiger partial charge >= 0.3 is 5.69 Å². The monoisotopic (exact) mass is 336 g/mol. The van der Waals surface area contributed by atoms with E-state index in [1.807, 2.05) is 17.7 Å². The van der Waals surface area contributed by atoms with Crippen LogP contribution in [0.2, 0.25) is 0 Å². The fraction of sp³-hybridized carbons (Fsp3) is 0.400. The Kier molecular flexibility index (Phi) is 3.86. The molecule has 0 amide bonds. The lowest BCUT2D eigenvalue weighted by atomic mass is 10.1. The average molecular weight is 336 g/mol. The van der Waals surface area contributed by atoms with Crippen molar-refractivity contribution in [3.8, 4) is 0 Å². The molecule has 2 heterocycles. The van der Waals surface area contributed by atoms with Gasteiger partial charge in [0.2, 0.25) is 0 Å². The quantitative estimate of drug-likeness (QED) is 0.779. The van der Waals surface area contributed by atoms with Crippen molar-refractivity contribution in [3.05, 3.63) is 52.1 Å². The van der Waals surface area contributed by atoms with E-state index in [2.05, 4.69) is 42.3 Å². The normalized spacial score (nSPS) is 15.2. The summed E-state index contributed by atoms with van der Waals surface area (Å²) in [7, 11) is 1.83. The van der Waals surface area contributed by atoms with Gasteiger partial charge in [-0.05, 0) is 49.9 Å². The largest absolute Gasteiger partial charge is 0.340 e. The molecule has 25 heavy (non-hydrogen) atoms. The number of hydrogen-bond acceptors (Lipinski definition) is 3. The molecule has 5 nitrogen and oxygen atoms in total. The summed E-state index contributed by atoms with van der Waals surface area (Å²) in [4.78, 5) is 17.2. The Morgan fingerprint density at radius 3 is 2.56 bits per heavy atom. The van der Waals surface area contributed by atoms with Crippen LogP contribution < -0.4 is 11.0 Å². The molecular weight excluding hydrogens is 312 g/mol. The zero-order valence-electron chi connectivity index (χ0n) is 15.0. The maximum Gasteiger partial charge on any atom is 0.329 e. The summed E-state index contributed by atoms with van der Waals surface area (Å²) in [6, 6.07) is 8.60. The molecule has 1 N–H and O–H groups in total. The van der Waals surface area contributed by atoms with Crippen LogP contribution in [0.4, 0.5) is 11.5 Å². The van der Waals surface area contributed by atoms with E-state index < -0.39 is 0 Å². The minimum atomic E-state index is 0.0621. The summed E-state index contributed by atoms with van der Waals surface area (Å²) in [6.45, 7) is 4.21. The number of benzene rings is 1. The van der Waals surface area contributed by atoms with E-state index in [0.717, 1.165) is 35.4 Å². The van der Waals surface area contributed by atoms with Crippen molar-refractivity contribution in [2.45, 2.75) is 45.6 Å². The molecule has 0 unspecified atom stereocenters. The Hall–Kier alpha value is -2.56. The summed E-state index contributed by atoms with van der Waals surface area (Å²) in [5, 5.41) is 3.37. The van der Waals surface area contributed by atoms with Gasteiger partial charge in [-0.2, -0.15) is 0 Å². The van der Waals surface area contributed by atoms with Gasteiger partial charge in [-0.3, -0.25) is 9.13 Å². The van der Waals surface area contributed by atoms with Crippen molar-refractivity contribution in [3.63, 3.8) is 0 Å². The minimum Gasteiger partial charge on any atom is -0.340 e. The number of fused-ring (bicyclic) bond motifs is 1. The number of pyridine rings is 1. The first-order valence-corrected chi connectivity index (χ1v) is 8.96. The number of hydrogen-bond donors (Lipinski definition) is 1. The molecule has 130 valence electrons. The smallest absolute Gasteiger partial charge is 0.329 e. The third-order valence-corrected chi connectivity index (χ3v) is 5.44. The van der Waals surface area contributed by atoms with E-state index in [1.54, 1.807) is 10.8 Å². The van der Waals surface area contributed by atoms with Crippen LogP contribution in [0.5, 0.6) is 0 Å². The first kappa shape index (κ1) is 15.9. The maximum atomic E-state index is 12.7. The fourth-order valence-corrected chi connectivity index (χ4v) is 3.81. The number of aromatic nitrogens is 3. The van der Waals surface area contributed by atoms with Crippen LogP contribution in [0.15, 0.2) is 35.3 Å². The molecule has 0 bridgehead atoms. The second-order valence-electron chi connectivity index (χ2n) is 7.13. The second kappa shape index (κ2) is 6.06. The topological polar surface area (TPSA) is 51.9 Å². The number of anilines is 2. The molecule has 3 aromatic rings. The van der Waals surface area contributed by atoms with Gasteiger partial charge in [0.25, 0.3) is 0 Å². The van der Waals surface area contributed by atoms with Gasteiger partial charge in [0, 0.05) is 24.8 Å². The zero-order chi connectivity index (χ0) is 17.6. The van der Waals surface area contributed by atoms with Gasteiger partial charge in [0.15, 0.2) is 0 Å². The number of nitrogens with one attached hydrogen (secondary N) is 1. The molecule has 4 rings (SSSR count). The lowest BCUT2D eigenvalue weighted by Gasteiger charge is -2.12. The van der Waals surface area contributed by atoms with Crippen LogP contribution in [-0.4, -0.2) is 14.1 Å². The molecule has 0 spiro atoms. The molecule has 2 aromatic heterocycles. The minimum absolute atomic E-state index is 0.0621. The van der Waals surface area contributed by atoms with Crippen molar-refractivity contribution in [1.29, 1.82) is 0 Å². The highest BCUT2D eigenvalue weighted by molar-refractivity contribution is 5.79. The first-order chi connectivity index (χ1) is 12.0. The van der Waals surface area contributed by atoms with Crippen LogP contribution in [0.1, 0.15) is 42.9 Å². The van der Waals surface area contributed by atoms with E-state index in [4.69, 9.17) is 0 Å². The highest BCUT2D eigenvalue weighted by Gasteiger charge is 2.23. The van der Waals surface area contributed by atoms with Crippen LogP contribution in [0.3, 0.4) is 0 Å². The van der Waals surface area contributed by atoms with Gasteiger partial charge in [-0.25, -0.2) is 9.78 Å². The summed E-state index contributed by atoms with van der Waals surface area (Å²) < 4.78 is 3.68. The summed E-state index contributed by atoms with van der Waals surface area (Å²) >= 11 is 0. The van der Waals surface area contributed by atoms with Gasteiger partial charge < -0.3 is 5.32 Å². The van der Waals surface area contributed by atoms with Gasteiger partial charge in [-0.15, -0.1) is 0 Å². The highest BCUT2D eigenvalue weighted by atomic mass is 16.1. The SMILES string of the molecule is Cc1ccc(Nc2cc3c(cn2)n(C)c(=O)n3C2CCCC2)cc1C.